The van der Waals surface area contributed by atoms with Crippen molar-refractivity contribution in [3.8, 4) is 0 Å². The second kappa shape index (κ2) is 8.19. The fourth-order valence-electron chi connectivity index (χ4n) is 8.95. The van der Waals surface area contributed by atoms with Gasteiger partial charge in [0.1, 0.15) is 18.5 Å². The van der Waals surface area contributed by atoms with E-state index in [9.17, 15) is 14.4 Å². The highest BCUT2D eigenvalue weighted by Gasteiger charge is 2.63. The molecule has 0 saturated heterocycles. The molecular formula is C26H40O5. The Labute approximate surface area is 187 Å². The highest BCUT2D eigenvalue weighted by Crippen LogP contribution is 2.68. The van der Waals surface area contributed by atoms with Gasteiger partial charge in [-0.1, -0.05) is 20.8 Å². The largest absolute Gasteiger partial charge is 0.462 e. The van der Waals surface area contributed by atoms with Crippen molar-refractivity contribution in [3.63, 3.8) is 0 Å². The first-order valence-electron chi connectivity index (χ1n) is 12.4. The Balaban J connectivity index is 1.62. The Bertz CT molecular complexity index is 733. The van der Waals surface area contributed by atoms with Crippen molar-refractivity contribution in [2.45, 2.75) is 98.2 Å². The molecule has 0 aromatic heterocycles. The average Bonchev–Trinajstić information content (AvgIpc) is 3.04. The summed E-state index contributed by atoms with van der Waals surface area (Å²) >= 11 is 0. The minimum Gasteiger partial charge on any atom is -0.462 e. The molecule has 0 radical (unpaired) electrons. The quantitative estimate of drug-likeness (QED) is 0.464. The minimum absolute atomic E-state index is 0.0685. The summed E-state index contributed by atoms with van der Waals surface area (Å²) in [4.78, 5) is 35.3. The molecule has 10 atom stereocenters. The Kier molecular flexibility index (Phi) is 6.02. The first-order chi connectivity index (χ1) is 14.6. The lowest BCUT2D eigenvalue weighted by Crippen LogP contribution is -2.60. The normalized spacial score (nSPS) is 47.3. The molecule has 0 N–H and O–H groups in total. The van der Waals surface area contributed by atoms with Crippen molar-refractivity contribution in [2.24, 2.45) is 46.3 Å². The van der Waals surface area contributed by atoms with E-state index in [1.54, 1.807) is 0 Å². The van der Waals surface area contributed by atoms with Gasteiger partial charge in [0, 0.05) is 31.6 Å². The van der Waals surface area contributed by atoms with Crippen LogP contribution < -0.4 is 0 Å². The molecule has 174 valence electrons. The van der Waals surface area contributed by atoms with Crippen molar-refractivity contribution in [2.75, 3.05) is 0 Å². The van der Waals surface area contributed by atoms with Crippen molar-refractivity contribution in [1.82, 2.24) is 0 Å². The van der Waals surface area contributed by atoms with Crippen LogP contribution in [-0.4, -0.2) is 30.4 Å². The summed E-state index contributed by atoms with van der Waals surface area (Å²) in [5.74, 6) is 2.35. The predicted molar refractivity (Wildman–Crippen MR) is 117 cm³/mol. The Morgan fingerprint density at radius 3 is 2.29 bits per heavy atom. The van der Waals surface area contributed by atoms with Crippen LogP contribution in [0.15, 0.2) is 0 Å². The SMILES string of the molecule is CC(=O)O[C@@H]1CC2CC[C@H]3[C@@H]4CC[C@H]([C@H](C)C=O)[C@@]4(C)CC[C@@H]3[C@@]2(C)[C@@H](OC(C)=O)C1. The number of ether oxygens (including phenoxy) is 2. The topological polar surface area (TPSA) is 69.7 Å². The van der Waals surface area contributed by atoms with E-state index in [1.165, 1.54) is 26.7 Å². The molecule has 31 heavy (non-hydrogen) atoms. The van der Waals surface area contributed by atoms with E-state index < -0.39 is 0 Å². The van der Waals surface area contributed by atoms with Gasteiger partial charge in [-0.15, -0.1) is 0 Å². The number of hydrogen-bond acceptors (Lipinski definition) is 5. The van der Waals surface area contributed by atoms with E-state index in [4.69, 9.17) is 9.47 Å². The number of hydrogen-bond donors (Lipinski definition) is 0. The molecule has 4 aliphatic carbocycles. The molecule has 0 amide bonds. The maximum atomic E-state index is 12.0. The number of aldehydes is 1. The molecule has 4 rings (SSSR count). The zero-order valence-corrected chi connectivity index (χ0v) is 19.9. The van der Waals surface area contributed by atoms with Crippen LogP contribution in [0.5, 0.6) is 0 Å². The molecule has 4 aliphatic rings. The minimum atomic E-state index is -0.251. The van der Waals surface area contributed by atoms with Gasteiger partial charge in [0.2, 0.25) is 0 Å². The van der Waals surface area contributed by atoms with E-state index >= 15 is 0 Å². The summed E-state index contributed by atoms with van der Waals surface area (Å²) in [6, 6.07) is 0. The summed E-state index contributed by atoms with van der Waals surface area (Å²) in [5, 5.41) is 0. The van der Waals surface area contributed by atoms with E-state index in [2.05, 4.69) is 20.8 Å². The summed E-state index contributed by atoms with van der Waals surface area (Å²) in [5.41, 5.74) is 0.178. The van der Waals surface area contributed by atoms with Crippen molar-refractivity contribution in [3.05, 3.63) is 0 Å². The smallest absolute Gasteiger partial charge is 0.302 e. The number of esters is 2. The van der Waals surface area contributed by atoms with Gasteiger partial charge in [0.05, 0.1) is 0 Å². The Hall–Kier alpha value is -1.39. The molecule has 4 fully saturated rings. The van der Waals surface area contributed by atoms with Gasteiger partial charge >= 0.3 is 11.9 Å². The molecular weight excluding hydrogens is 392 g/mol. The lowest BCUT2D eigenvalue weighted by molar-refractivity contribution is -0.206. The molecule has 1 unspecified atom stereocenters. The summed E-state index contributed by atoms with van der Waals surface area (Å²) in [6.07, 6.45) is 9.28. The van der Waals surface area contributed by atoms with Gasteiger partial charge in [0.25, 0.3) is 0 Å². The van der Waals surface area contributed by atoms with E-state index in [0.717, 1.165) is 38.4 Å². The van der Waals surface area contributed by atoms with E-state index in [0.29, 0.717) is 36.0 Å². The predicted octanol–water partition coefficient (Wildman–Crippen LogP) is 4.95. The zero-order valence-electron chi connectivity index (χ0n) is 19.9. The lowest BCUT2D eigenvalue weighted by atomic mass is 9.43. The molecule has 0 bridgehead atoms. The number of fused-ring (bicyclic) bond motifs is 5. The summed E-state index contributed by atoms with van der Waals surface area (Å²) in [7, 11) is 0. The zero-order chi connectivity index (χ0) is 22.6. The molecule has 0 spiro atoms. The molecule has 5 heteroatoms. The van der Waals surface area contributed by atoms with Gasteiger partial charge in [-0.25, -0.2) is 0 Å². The average molecular weight is 433 g/mol. The van der Waals surface area contributed by atoms with Crippen molar-refractivity contribution < 1.29 is 23.9 Å². The summed E-state index contributed by atoms with van der Waals surface area (Å²) < 4.78 is 11.6. The maximum absolute atomic E-state index is 12.0. The number of rotatable bonds is 4. The van der Waals surface area contributed by atoms with Crippen LogP contribution in [0.1, 0.15) is 86.0 Å². The molecule has 0 aliphatic heterocycles. The van der Waals surface area contributed by atoms with Gasteiger partial charge in [-0.2, -0.15) is 0 Å². The van der Waals surface area contributed by atoms with Crippen LogP contribution in [0.25, 0.3) is 0 Å². The van der Waals surface area contributed by atoms with E-state index in [1.807, 2.05) is 0 Å². The van der Waals surface area contributed by atoms with Crippen molar-refractivity contribution >= 4 is 18.2 Å². The molecule has 0 heterocycles. The Morgan fingerprint density at radius 1 is 0.935 bits per heavy atom. The molecule has 0 aromatic carbocycles. The first-order valence-corrected chi connectivity index (χ1v) is 12.4. The number of carbonyl (C=O) groups is 3. The highest BCUT2D eigenvalue weighted by molar-refractivity contribution is 5.67. The third-order valence-corrected chi connectivity index (χ3v) is 10.2. The van der Waals surface area contributed by atoms with Crippen LogP contribution in [-0.2, 0) is 23.9 Å². The van der Waals surface area contributed by atoms with Gasteiger partial charge in [-0.05, 0) is 80.0 Å². The first kappa shape index (κ1) is 22.8. The third kappa shape index (κ3) is 3.64. The van der Waals surface area contributed by atoms with Gasteiger partial charge < -0.3 is 14.3 Å². The second-order valence-electron chi connectivity index (χ2n) is 11.5. The number of carbonyl (C=O) groups excluding carboxylic acids is 3. The van der Waals surface area contributed by atoms with Crippen LogP contribution in [0.4, 0.5) is 0 Å². The van der Waals surface area contributed by atoms with Crippen LogP contribution in [0.2, 0.25) is 0 Å². The van der Waals surface area contributed by atoms with Crippen LogP contribution in [0, 0.1) is 46.3 Å². The molecule has 5 nitrogen and oxygen atoms in total. The third-order valence-electron chi connectivity index (χ3n) is 10.2. The van der Waals surface area contributed by atoms with Crippen LogP contribution >= 0.6 is 0 Å². The highest BCUT2D eigenvalue weighted by atomic mass is 16.6. The fraction of sp³-hybridized carbons (Fsp3) is 0.885. The lowest BCUT2D eigenvalue weighted by Gasteiger charge is -2.62. The summed E-state index contributed by atoms with van der Waals surface area (Å²) in [6.45, 7) is 9.86. The maximum Gasteiger partial charge on any atom is 0.302 e. The molecule has 0 aromatic rings. The van der Waals surface area contributed by atoms with Gasteiger partial charge in [-0.3, -0.25) is 9.59 Å². The second-order valence-corrected chi connectivity index (χ2v) is 11.5. The van der Waals surface area contributed by atoms with Gasteiger partial charge in [0.15, 0.2) is 0 Å². The van der Waals surface area contributed by atoms with Crippen molar-refractivity contribution in [1.29, 1.82) is 0 Å². The van der Waals surface area contributed by atoms with E-state index in [-0.39, 0.29) is 40.9 Å². The standard InChI is InChI=1S/C26H40O5/c1-15(14-27)21-8-9-22-20-7-6-18-12-19(30-16(2)28)13-24(31-17(3)29)26(18,5)23(20)10-11-25(21,22)4/h14-15,18-24H,6-13H2,1-5H3/t15-,18?,19-,20+,21-,22+,23+,24+,25-,26+/m1/s1. The Morgan fingerprint density at radius 2 is 1.65 bits per heavy atom. The fourth-order valence-corrected chi connectivity index (χ4v) is 8.95. The van der Waals surface area contributed by atoms with Crippen LogP contribution in [0.3, 0.4) is 0 Å². The monoisotopic (exact) mass is 432 g/mol. The molecule has 4 saturated carbocycles.